The first-order chi connectivity index (χ1) is 12.8. The Kier molecular flexibility index (Phi) is 3.87. The highest BCUT2D eigenvalue weighted by Gasteiger charge is 2.30. The molecule has 2 aromatic carbocycles. The van der Waals surface area contributed by atoms with Crippen LogP contribution in [0, 0.1) is 6.92 Å². The molecule has 0 saturated heterocycles. The average molecular weight is 370 g/mol. The minimum atomic E-state index is -4.48. The Morgan fingerprint density at radius 1 is 1.04 bits per heavy atom. The molecule has 0 unspecified atom stereocenters. The summed E-state index contributed by atoms with van der Waals surface area (Å²) in [5.74, 6) is -0.672. The van der Waals surface area contributed by atoms with E-state index in [0.29, 0.717) is 11.1 Å². The Morgan fingerprint density at radius 2 is 1.85 bits per heavy atom. The summed E-state index contributed by atoms with van der Waals surface area (Å²) >= 11 is 0. The first kappa shape index (κ1) is 17.1. The predicted octanol–water partition coefficient (Wildman–Crippen LogP) is 5.56. The van der Waals surface area contributed by atoms with Crippen molar-refractivity contribution in [3.05, 3.63) is 71.5 Å². The van der Waals surface area contributed by atoms with Crippen molar-refractivity contribution in [3.63, 3.8) is 0 Å². The Bertz CT molecular complexity index is 1180. The molecule has 4 rings (SSSR count). The number of alkyl halides is 3. The zero-order valence-corrected chi connectivity index (χ0v) is 14.1. The average Bonchev–Trinajstić information content (AvgIpc) is 3.02. The van der Waals surface area contributed by atoms with Gasteiger partial charge in [0.1, 0.15) is 0 Å². The molecule has 2 aromatic heterocycles. The maximum Gasteiger partial charge on any atom is 0.416 e. The van der Waals surface area contributed by atoms with Gasteiger partial charge in [-0.3, -0.25) is 4.79 Å². The van der Waals surface area contributed by atoms with Crippen molar-refractivity contribution in [2.75, 3.05) is 5.32 Å². The predicted molar refractivity (Wildman–Crippen MR) is 95.6 cm³/mol. The van der Waals surface area contributed by atoms with Crippen molar-refractivity contribution in [3.8, 4) is 0 Å². The second kappa shape index (κ2) is 6.12. The molecular weight excluding hydrogens is 357 g/mol. The van der Waals surface area contributed by atoms with Crippen LogP contribution in [-0.4, -0.2) is 10.9 Å². The lowest BCUT2D eigenvalue weighted by molar-refractivity contribution is -0.137. The van der Waals surface area contributed by atoms with E-state index in [0.717, 1.165) is 28.6 Å². The number of furan rings is 1. The third-order valence-electron chi connectivity index (χ3n) is 4.13. The monoisotopic (exact) mass is 370 g/mol. The van der Waals surface area contributed by atoms with Gasteiger partial charge in [0.05, 0.1) is 11.1 Å². The number of benzene rings is 2. The number of carbonyl (C=O) groups excluding carboxylic acids is 1. The Hall–Kier alpha value is -3.35. The summed E-state index contributed by atoms with van der Waals surface area (Å²) in [7, 11) is 0. The molecule has 7 heteroatoms. The first-order valence-electron chi connectivity index (χ1n) is 8.09. The summed E-state index contributed by atoms with van der Waals surface area (Å²) in [4.78, 5) is 16.8. The van der Waals surface area contributed by atoms with Gasteiger partial charge in [0, 0.05) is 16.5 Å². The fourth-order valence-electron chi connectivity index (χ4n) is 2.81. The molecule has 136 valence electrons. The molecular formula is C20H13F3N2O2. The Morgan fingerprint density at radius 3 is 2.63 bits per heavy atom. The molecule has 4 nitrogen and oxygen atoms in total. The molecule has 0 fully saturated rings. The summed E-state index contributed by atoms with van der Waals surface area (Å²) in [5, 5.41) is 3.96. The van der Waals surface area contributed by atoms with Gasteiger partial charge in [-0.05, 0) is 48.9 Å². The van der Waals surface area contributed by atoms with Crippen LogP contribution in [0.25, 0.3) is 22.0 Å². The lowest BCUT2D eigenvalue weighted by atomic mass is 10.1. The van der Waals surface area contributed by atoms with Crippen LogP contribution in [-0.2, 0) is 6.18 Å². The number of anilines is 1. The van der Waals surface area contributed by atoms with E-state index in [-0.39, 0.29) is 11.4 Å². The molecule has 0 saturated carbocycles. The summed E-state index contributed by atoms with van der Waals surface area (Å²) in [6, 6.07) is 13.6. The van der Waals surface area contributed by atoms with Gasteiger partial charge >= 0.3 is 6.18 Å². The van der Waals surface area contributed by atoms with Gasteiger partial charge in [0.2, 0.25) is 5.71 Å². The third kappa shape index (κ3) is 3.36. The fraction of sp³-hybridized carbons (Fsp3) is 0.100. The number of fused-ring (bicyclic) bond motifs is 2. The molecule has 1 N–H and O–H groups in total. The SMILES string of the molecule is Cc1ccc2cc3cc(C(=O)Nc4cccc(C(F)(F)F)c4)oc3nc2c1. The van der Waals surface area contributed by atoms with Crippen LogP contribution in [0.3, 0.4) is 0 Å². The van der Waals surface area contributed by atoms with Crippen molar-refractivity contribution in [1.82, 2.24) is 4.98 Å². The number of halogens is 3. The van der Waals surface area contributed by atoms with Crippen molar-refractivity contribution in [2.45, 2.75) is 13.1 Å². The van der Waals surface area contributed by atoms with Crippen LogP contribution in [0.2, 0.25) is 0 Å². The second-order valence-corrected chi connectivity index (χ2v) is 6.22. The van der Waals surface area contributed by atoms with Crippen LogP contribution in [0.4, 0.5) is 18.9 Å². The van der Waals surface area contributed by atoms with Crippen molar-refractivity contribution >= 4 is 33.6 Å². The fourth-order valence-corrected chi connectivity index (χ4v) is 2.81. The molecule has 0 radical (unpaired) electrons. The Labute approximate surface area is 151 Å². The number of pyridine rings is 1. The van der Waals surface area contributed by atoms with E-state index in [9.17, 15) is 18.0 Å². The number of nitrogens with one attached hydrogen (secondary N) is 1. The number of carbonyl (C=O) groups is 1. The van der Waals surface area contributed by atoms with Gasteiger partial charge in [-0.1, -0.05) is 18.2 Å². The zero-order valence-electron chi connectivity index (χ0n) is 14.1. The number of nitrogens with zero attached hydrogens (tertiary/aromatic N) is 1. The zero-order chi connectivity index (χ0) is 19.2. The van der Waals surface area contributed by atoms with Gasteiger partial charge in [0.25, 0.3) is 5.91 Å². The number of aryl methyl sites for hydroxylation is 1. The van der Waals surface area contributed by atoms with Crippen LogP contribution >= 0.6 is 0 Å². The summed E-state index contributed by atoms with van der Waals surface area (Å²) in [6.07, 6.45) is -4.48. The molecule has 4 aromatic rings. The van der Waals surface area contributed by atoms with E-state index in [1.54, 1.807) is 0 Å². The molecule has 0 atom stereocenters. The third-order valence-corrected chi connectivity index (χ3v) is 4.13. The number of hydrogen-bond donors (Lipinski definition) is 1. The molecule has 0 bridgehead atoms. The largest absolute Gasteiger partial charge is 0.433 e. The maximum absolute atomic E-state index is 12.8. The summed E-state index contributed by atoms with van der Waals surface area (Å²) in [5.41, 5.74) is 1.27. The number of amides is 1. The van der Waals surface area contributed by atoms with E-state index >= 15 is 0 Å². The smallest absolute Gasteiger partial charge is 0.416 e. The summed E-state index contributed by atoms with van der Waals surface area (Å²) in [6.45, 7) is 1.95. The highest BCUT2D eigenvalue weighted by atomic mass is 19.4. The standard InChI is InChI=1S/C20H13F3N2O2/c1-11-5-6-12-8-13-9-17(27-19(13)25-16(12)7-11)18(26)24-15-4-2-3-14(10-15)20(21,22)23/h2-10H,1H3,(H,24,26). The Balaban J connectivity index is 1.66. The van der Waals surface area contributed by atoms with Crippen molar-refractivity contribution in [1.29, 1.82) is 0 Å². The van der Waals surface area contributed by atoms with Gasteiger partial charge in [-0.15, -0.1) is 0 Å². The normalized spacial score (nSPS) is 11.9. The minimum absolute atomic E-state index is 0.0260. The van der Waals surface area contributed by atoms with Crippen molar-refractivity contribution in [2.24, 2.45) is 0 Å². The molecule has 2 heterocycles. The molecule has 27 heavy (non-hydrogen) atoms. The van der Waals surface area contributed by atoms with Crippen LogP contribution in [0.5, 0.6) is 0 Å². The molecule has 0 aliphatic rings. The van der Waals surface area contributed by atoms with E-state index in [2.05, 4.69) is 10.3 Å². The van der Waals surface area contributed by atoms with Crippen LogP contribution < -0.4 is 5.32 Å². The number of rotatable bonds is 2. The van der Waals surface area contributed by atoms with Crippen LogP contribution in [0.15, 0.2) is 59.0 Å². The van der Waals surface area contributed by atoms with Gasteiger partial charge in [-0.25, -0.2) is 4.98 Å². The summed E-state index contributed by atoms with van der Waals surface area (Å²) < 4.78 is 43.9. The lowest BCUT2D eigenvalue weighted by Crippen LogP contribution is -2.12. The van der Waals surface area contributed by atoms with Gasteiger partial charge < -0.3 is 9.73 Å². The van der Waals surface area contributed by atoms with Gasteiger partial charge in [0.15, 0.2) is 5.76 Å². The first-order valence-corrected chi connectivity index (χ1v) is 8.09. The highest BCUT2D eigenvalue weighted by molar-refractivity contribution is 6.05. The van der Waals surface area contributed by atoms with E-state index in [4.69, 9.17) is 4.42 Å². The van der Waals surface area contributed by atoms with E-state index < -0.39 is 17.6 Å². The molecule has 0 spiro atoms. The molecule has 0 aliphatic carbocycles. The topological polar surface area (TPSA) is 55.1 Å². The molecule has 0 aliphatic heterocycles. The molecule has 1 amide bonds. The second-order valence-electron chi connectivity index (χ2n) is 6.22. The van der Waals surface area contributed by atoms with E-state index in [1.165, 1.54) is 18.2 Å². The highest BCUT2D eigenvalue weighted by Crippen LogP contribution is 2.31. The van der Waals surface area contributed by atoms with Gasteiger partial charge in [-0.2, -0.15) is 13.2 Å². The maximum atomic E-state index is 12.8. The van der Waals surface area contributed by atoms with Crippen molar-refractivity contribution < 1.29 is 22.4 Å². The quantitative estimate of drug-likeness (QED) is 0.503. The minimum Gasteiger partial charge on any atom is -0.433 e. The van der Waals surface area contributed by atoms with Crippen LogP contribution in [0.1, 0.15) is 21.7 Å². The lowest BCUT2D eigenvalue weighted by Gasteiger charge is -2.09. The number of hydrogen-bond acceptors (Lipinski definition) is 3. The van der Waals surface area contributed by atoms with E-state index in [1.807, 2.05) is 31.2 Å². The number of aromatic nitrogens is 1.